The predicted octanol–water partition coefficient (Wildman–Crippen LogP) is 3.82. The molecule has 1 saturated carbocycles. The third-order valence-electron chi connectivity index (χ3n) is 5.56. The highest BCUT2D eigenvalue weighted by atomic mass is 16.5. The molecular weight excluding hydrogens is 272 g/mol. The molecule has 0 spiro atoms. The van der Waals surface area contributed by atoms with E-state index in [4.69, 9.17) is 4.74 Å². The zero-order valence-electron chi connectivity index (χ0n) is 13.9. The summed E-state index contributed by atoms with van der Waals surface area (Å²) in [7, 11) is 0. The van der Waals surface area contributed by atoms with Crippen molar-refractivity contribution in [2.24, 2.45) is 5.92 Å². The Morgan fingerprint density at radius 1 is 1.14 bits per heavy atom. The first kappa shape index (κ1) is 15.9. The van der Waals surface area contributed by atoms with Gasteiger partial charge in [0.05, 0.1) is 0 Å². The molecule has 22 heavy (non-hydrogen) atoms. The van der Waals surface area contributed by atoms with Gasteiger partial charge in [-0.15, -0.1) is 0 Å². The minimum atomic E-state index is 0.699. The summed E-state index contributed by atoms with van der Waals surface area (Å²) in [5, 5.41) is 3.73. The normalized spacial score (nSPS) is 27.0. The van der Waals surface area contributed by atoms with Gasteiger partial charge in [0.15, 0.2) is 0 Å². The Kier molecular flexibility index (Phi) is 5.85. The van der Waals surface area contributed by atoms with Crippen LogP contribution in [0.2, 0.25) is 0 Å². The van der Waals surface area contributed by atoms with E-state index in [9.17, 15) is 0 Å². The third-order valence-corrected chi connectivity index (χ3v) is 5.56. The van der Waals surface area contributed by atoms with E-state index in [1.165, 1.54) is 62.6 Å². The van der Waals surface area contributed by atoms with E-state index in [-0.39, 0.29) is 0 Å². The van der Waals surface area contributed by atoms with Crippen LogP contribution in [0, 0.1) is 12.8 Å². The number of aromatic nitrogens is 1. The highest BCUT2D eigenvalue weighted by Crippen LogP contribution is 2.37. The lowest BCUT2D eigenvalue weighted by molar-refractivity contribution is 0.0775. The summed E-state index contributed by atoms with van der Waals surface area (Å²) in [5.41, 5.74) is 2.90. The second kappa shape index (κ2) is 8.07. The topological polar surface area (TPSA) is 34.2 Å². The average Bonchev–Trinajstić information content (AvgIpc) is 2.57. The van der Waals surface area contributed by atoms with E-state index in [0.29, 0.717) is 6.04 Å². The number of pyridine rings is 1. The third kappa shape index (κ3) is 4.30. The lowest BCUT2D eigenvalue weighted by Gasteiger charge is -2.30. The number of hydrogen-bond acceptors (Lipinski definition) is 3. The van der Waals surface area contributed by atoms with Gasteiger partial charge in [0.2, 0.25) is 0 Å². The van der Waals surface area contributed by atoms with Crippen molar-refractivity contribution in [3.63, 3.8) is 0 Å². The van der Waals surface area contributed by atoms with Gasteiger partial charge in [-0.1, -0.05) is 0 Å². The van der Waals surface area contributed by atoms with Crippen molar-refractivity contribution in [1.82, 2.24) is 10.3 Å². The fourth-order valence-electron chi connectivity index (χ4n) is 4.10. The number of ether oxygens (including phenoxy) is 1. The Morgan fingerprint density at radius 2 is 1.91 bits per heavy atom. The summed E-state index contributed by atoms with van der Waals surface area (Å²) in [6.45, 7) is 5.27. The quantitative estimate of drug-likeness (QED) is 0.898. The number of nitrogens with one attached hydrogen (secondary N) is 1. The van der Waals surface area contributed by atoms with Gasteiger partial charge in [0.25, 0.3) is 0 Å². The molecule has 2 heterocycles. The van der Waals surface area contributed by atoms with E-state index < -0.39 is 0 Å². The minimum Gasteiger partial charge on any atom is -0.381 e. The van der Waals surface area contributed by atoms with Gasteiger partial charge < -0.3 is 10.1 Å². The van der Waals surface area contributed by atoms with Crippen LogP contribution in [-0.4, -0.2) is 30.8 Å². The monoisotopic (exact) mass is 302 g/mol. The van der Waals surface area contributed by atoms with Crippen molar-refractivity contribution in [3.05, 3.63) is 29.6 Å². The second-order valence-corrected chi connectivity index (χ2v) is 7.08. The summed E-state index contributed by atoms with van der Waals surface area (Å²) >= 11 is 0. The minimum absolute atomic E-state index is 0.699. The Balaban J connectivity index is 1.37. The van der Waals surface area contributed by atoms with Crippen LogP contribution in [-0.2, 0) is 4.74 Å². The highest BCUT2D eigenvalue weighted by molar-refractivity contribution is 5.26. The van der Waals surface area contributed by atoms with Gasteiger partial charge in [0, 0.05) is 31.6 Å². The van der Waals surface area contributed by atoms with Crippen molar-refractivity contribution in [2.75, 3.05) is 19.8 Å². The Morgan fingerprint density at radius 3 is 2.64 bits per heavy atom. The molecule has 0 unspecified atom stereocenters. The zero-order chi connectivity index (χ0) is 15.2. The highest BCUT2D eigenvalue weighted by Gasteiger charge is 2.23. The SMILES string of the molecule is Cc1cnccc1[C@H]1CC[C@@H](CCNC2CCOCC2)CC1. The van der Waals surface area contributed by atoms with Crippen molar-refractivity contribution < 1.29 is 4.74 Å². The van der Waals surface area contributed by atoms with Crippen LogP contribution in [0.3, 0.4) is 0 Å². The van der Waals surface area contributed by atoms with E-state index in [1.807, 2.05) is 12.4 Å². The maximum atomic E-state index is 5.42. The fourth-order valence-corrected chi connectivity index (χ4v) is 4.10. The maximum Gasteiger partial charge on any atom is 0.0480 e. The molecule has 3 heteroatoms. The Labute approximate surface area is 134 Å². The lowest BCUT2D eigenvalue weighted by atomic mass is 9.77. The van der Waals surface area contributed by atoms with Crippen LogP contribution < -0.4 is 5.32 Å². The molecule has 2 aliphatic rings. The molecular formula is C19H30N2O. The molecule has 0 amide bonds. The summed E-state index contributed by atoms with van der Waals surface area (Å²) in [4.78, 5) is 4.22. The first-order valence-corrected chi connectivity index (χ1v) is 9.04. The molecule has 0 bridgehead atoms. The zero-order valence-corrected chi connectivity index (χ0v) is 13.9. The van der Waals surface area contributed by atoms with Crippen LogP contribution in [0.5, 0.6) is 0 Å². The van der Waals surface area contributed by atoms with Gasteiger partial charge in [-0.2, -0.15) is 0 Å². The van der Waals surface area contributed by atoms with Crippen LogP contribution in [0.1, 0.15) is 62.0 Å². The first-order valence-electron chi connectivity index (χ1n) is 9.04. The lowest BCUT2D eigenvalue weighted by Crippen LogP contribution is -2.36. The maximum absolute atomic E-state index is 5.42. The van der Waals surface area contributed by atoms with Gasteiger partial charge in [0.1, 0.15) is 0 Å². The average molecular weight is 302 g/mol. The fraction of sp³-hybridized carbons (Fsp3) is 0.737. The molecule has 1 aliphatic heterocycles. The predicted molar refractivity (Wildman–Crippen MR) is 90.1 cm³/mol. The molecule has 1 saturated heterocycles. The Hall–Kier alpha value is -0.930. The van der Waals surface area contributed by atoms with E-state index in [0.717, 1.165) is 25.0 Å². The van der Waals surface area contributed by atoms with Gasteiger partial charge in [-0.25, -0.2) is 0 Å². The van der Waals surface area contributed by atoms with Crippen LogP contribution in [0.4, 0.5) is 0 Å². The van der Waals surface area contributed by atoms with E-state index in [1.54, 1.807) is 0 Å². The number of rotatable bonds is 5. The van der Waals surface area contributed by atoms with Crippen molar-refractivity contribution in [2.45, 2.75) is 63.8 Å². The smallest absolute Gasteiger partial charge is 0.0480 e. The molecule has 122 valence electrons. The summed E-state index contributed by atoms with van der Waals surface area (Å²) in [5.74, 6) is 1.69. The van der Waals surface area contributed by atoms with Crippen molar-refractivity contribution >= 4 is 0 Å². The molecule has 0 atom stereocenters. The molecule has 2 fully saturated rings. The molecule has 1 aromatic rings. The van der Waals surface area contributed by atoms with E-state index in [2.05, 4.69) is 23.3 Å². The summed E-state index contributed by atoms with van der Waals surface area (Å²) in [6, 6.07) is 2.93. The standard InChI is InChI=1S/C19H30N2O/c1-15-14-20-10-7-19(15)17-4-2-16(3-5-17)6-11-21-18-8-12-22-13-9-18/h7,10,14,16-18,21H,2-6,8-9,11-13H2,1H3/t16-,17+. The van der Waals surface area contributed by atoms with Gasteiger partial charge in [-0.05, 0) is 87.4 Å². The molecule has 1 N–H and O–H groups in total. The van der Waals surface area contributed by atoms with Crippen molar-refractivity contribution in [1.29, 1.82) is 0 Å². The molecule has 1 aliphatic carbocycles. The molecule has 0 aromatic carbocycles. The van der Waals surface area contributed by atoms with Crippen molar-refractivity contribution in [3.8, 4) is 0 Å². The Bertz CT molecular complexity index is 449. The molecule has 3 rings (SSSR count). The summed E-state index contributed by atoms with van der Waals surface area (Å²) < 4.78 is 5.42. The largest absolute Gasteiger partial charge is 0.381 e. The second-order valence-electron chi connectivity index (χ2n) is 7.08. The number of hydrogen-bond donors (Lipinski definition) is 1. The molecule has 0 radical (unpaired) electrons. The number of nitrogens with zero attached hydrogens (tertiary/aromatic N) is 1. The van der Waals surface area contributed by atoms with Crippen LogP contribution in [0.25, 0.3) is 0 Å². The summed E-state index contributed by atoms with van der Waals surface area (Å²) in [6.07, 6.45) is 13.2. The number of aryl methyl sites for hydroxylation is 1. The molecule has 1 aromatic heterocycles. The van der Waals surface area contributed by atoms with Crippen LogP contribution >= 0.6 is 0 Å². The van der Waals surface area contributed by atoms with Gasteiger partial charge in [-0.3, -0.25) is 4.98 Å². The van der Waals surface area contributed by atoms with Crippen LogP contribution in [0.15, 0.2) is 18.5 Å². The molecule has 3 nitrogen and oxygen atoms in total. The van der Waals surface area contributed by atoms with E-state index >= 15 is 0 Å². The first-order chi connectivity index (χ1) is 10.8. The van der Waals surface area contributed by atoms with Gasteiger partial charge >= 0.3 is 0 Å².